The first-order valence-electron chi connectivity index (χ1n) is 4.44. The molecule has 0 aliphatic rings. The highest BCUT2D eigenvalue weighted by Gasteiger charge is 2.16. The number of rotatable bonds is 4. The SMILES string of the molecule is CC(C=O)C(O)c1ccc([N+](=O)[O-])cc1. The number of aldehydes is 1. The fourth-order valence-corrected chi connectivity index (χ4v) is 1.17. The van der Waals surface area contributed by atoms with Crippen molar-refractivity contribution < 1.29 is 14.8 Å². The Balaban J connectivity index is 2.88. The maximum Gasteiger partial charge on any atom is 0.269 e. The van der Waals surface area contributed by atoms with Gasteiger partial charge in [-0.25, -0.2) is 0 Å². The van der Waals surface area contributed by atoms with Gasteiger partial charge in [0.05, 0.1) is 11.0 Å². The topological polar surface area (TPSA) is 80.4 Å². The van der Waals surface area contributed by atoms with E-state index in [1.165, 1.54) is 24.3 Å². The summed E-state index contributed by atoms with van der Waals surface area (Å²) >= 11 is 0. The van der Waals surface area contributed by atoms with E-state index in [1.54, 1.807) is 6.92 Å². The number of carbonyl (C=O) groups is 1. The normalized spacial score (nSPS) is 14.3. The molecule has 0 spiro atoms. The van der Waals surface area contributed by atoms with E-state index in [1.807, 2.05) is 0 Å². The standard InChI is InChI=1S/C10H11NO4/c1-7(6-12)10(13)8-2-4-9(5-3-8)11(14)15/h2-7,10,13H,1H3. The van der Waals surface area contributed by atoms with Gasteiger partial charge in [-0.1, -0.05) is 6.92 Å². The summed E-state index contributed by atoms with van der Waals surface area (Å²) in [6.45, 7) is 1.58. The molecule has 1 aromatic carbocycles. The molecule has 0 amide bonds. The van der Waals surface area contributed by atoms with Crippen LogP contribution in [0.15, 0.2) is 24.3 Å². The van der Waals surface area contributed by atoms with Crippen LogP contribution in [-0.2, 0) is 4.79 Å². The van der Waals surface area contributed by atoms with Crippen LogP contribution in [-0.4, -0.2) is 16.3 Å². The zero-order chi connectivity index (χ0) is 11.4. The van der Waals surface area contributed by atoms with E-state index >= 15 is 0 Å². The van der Waals surface area contributed by atoms with Gasteiger partial charge in [-0.3, -0.25) is 10.1 Å². The lowest BCUT2D eigenvalue weighted by atomic mass is 9.99. The van der Waals surface area contributed by atoms with Crippen molar-refractivity contribution in [1.29, 1.82) is 0 Å². The van der Waals surface area contributed by atoms with E-state index in [9.17, 15) is 20.0 Å². The van der Waals surface area contributed by atoms with Crippen LogP contribution in [0, 0.1) is 16.0 Å². The number of aliphatic hydroxyl groups excluding tert-OH is 1. The van der Waals surface area contributed by atoms with Crippen LogP contribution in [0.2, 0.25) is 0 Å². The van der Waals surface area contributed by atoms with Crippen molar-refractivity contribution in [3.63, 3.8) is 0 Å². The third-order valence-electron chi connectivity index (χ3n) is 2.16. The number of hydrogen-bond acceptors (Lipinski definition) is 4. The number of carbonyl (C=O) groups excluding carboxylic acids is 1. The van der Waals surface area contributed by atoms with Gasteiger partial charge in [0.25, 0.3) is 5.69 Å². The molecule has 0 fully saturated rings. The Labute approximate surface area is 86.5 Å². The Kier molecular flexibility index (Phi) is 3.51. The van der Waals surface area contributed by atoms with E-state index in [4.69, 9.17) is 0 Å². The molecular weight excluding hydrogens is 198 g/mol. The molecule has 0 saturated heterocycles. The lowest BCUT2D eigenvalue weighted by Crippen LogP contribution is -2.10. The number of nitro benzene ring substituents is 1. The van der Waals surface area contributed by atoms with Crippen molar-refractivity contribution in [2.24, 2.45) is 5.92 Å². The maximum absolute atomic E-state index is 10.4. The van der Waals surface area contributed by atoms with E-state index in [0.29, 0.717) is 11.8 Å². The fourth-order valence-electron chi connectivity index (χ4n) is 1.17. The highest BCUT2D eigenvalue weighted by molar-refractivity contribution is 5.54. The van der Waals surface area contributed by atoms with Gasteiger partial charge < -0.3 is 9.90 Å². The minimum atomic E-state index is -0.914. The molecule has 1 rings (SSSR count). The van der Waals surface area contributed by atoms with Crippen molar-refractivity contribution in [1.82, 2.24) is 0 Å². The molecule has 0 radical (unpaired) electrons. The second kappa shape index (κ2) is 4.65. The monoisotopic (exact) mass is 209 g/mol. The molecule has 1 N–H and O–H groups in total. The maximum atomic E-state index is 10.4. The van der Waals surface area contributed by atoms with Gasteiger partial charge in [0.15, 0.2) is 0 Å². The summed E-state index contributed by atoms with van der Waals surface area (Å²) in [7, 11) is 0. The Morgan fingerprint density at radius 3 is 2.33 bits per heavy atom. The molecule has 1 aromatic rings. The number of hydrogen-bond donors (Lipinski definition) is 1. The zero-order valence-corrected chi connectivity index (χ0v) is 8.16. The van der Waals surface area contributed by atoms with E-state index in [-0.39, 0.29) is 5.69 Å². The third-order valence-corrected chi connectivity index (χ3v) is 2.16. The number of non-ortho nitro benzene ring substituents is 1. The van der Waals surface area contributed by atoms with Gasteiger partial charge in [-0.05, 0) is 17.7 Å². The number of nitro groups is 1. The van der Waals surface area contributed by atoms with Crippen molar-refractivity contribution in [2.45, 2.75) is 13.0 Å². The highest BCUT2D eigenvalue weighted by Crippen LogP contribution is 2.22. The summed E-state index contributed by atoms with van der Waals surface area (Å²) in [5.41, 5.74) is 0.463. The largest absolute Gasteiger partial charge is 0.388 e. The summed E-state index contributed by atoms with van der Waals surface area (Å²) in [6, 6.07) is 5.50. The van der Waals surface area contributed by atoms with E-state index < -0.39 is 16.9 Å². The summed E-state index contributed by atoms with van der Waals surface area (Å²) in [6.07, 6.45) is -0.269. The summed E-state index contributed by atoms with van der Waals surface area (Å²) in [5.74, 6) is -0.522. The first-order chi connectivity index (χ1) is 7.06. The number of benzene rings is 1. The molecule has 0 aromatic heterocycles. The first-order valence-corrected chi connectivity index (χ1v) is 4.44. The quantitative estimate of drug-likeness (QED) is 0.462. The van der Waals surface area contributed by atoms with E-state index in [2.05, 4.69) is 0 Å². The molecule has 2 unspecified atom stereocenters. The predicted octanol–water partition coefficient (Wildman–Crippen LogP) is 1.46. The van der Waals surface area contributed by atoms with Crippen LogP contribution < -0.4 is 0 Å². The molecule has 15 heavy (non-hydrogen) atoms. The van der Waals surface area contributed by atoms with Gasteiger partial charge in [0.2, 0.25) is 0 Å². The molecule has 0 heterocycles. The van der Waals surface area contributed by atoms with Crippen molar-refractivity contribution in [3.8, 4) is 0 Å². The summed E-state index contributed by atoms with van der Waals surface area (Å²) < 4.78 is 0. The van der Waals surface area contributed by atoms with Gasteiger partial charge in [0.1, 0.15) is 6.29 Å². The van der Waals surface area contributed by atoms with Gasteiger partial charge in [-0.2, -0.15) is 0 Å². The molecular formula is C10H11NO4. The molecule has 0 bridgehead atoms. The predicted molar refractivity (Wildman–Crippen MR) is 53.3 cm³/mol. The second-order valence-corrected chi connectivity index (χ2v) is 3.29. The Hall–Kier alpha value is -1.75. The van der Waals surface area contributed by atoms with Crippen LogP contribution in [0.25, 0.3) is 0 Å². The molecule has 0 saturated carbocycles. The van der Waals surface area contributed by atoms with Crippen LogP contribution in [0.4, 0.5) is 5.69 Å². The Bertz CT molecular complexity index is 360. The number of aliphatic hydroxyl groups is 1. The van der Waals surface area contributed by atoms with Crippen molar-refractivity contribution in [3.05, 3.63) is 39.9 Å². The highest BCUT2D eigenvalue weighted by atomic mass is 16.6. The molecule has 2 atom stereocenters. The Morgan fingerprint density at radius 2 is 1.93 bits per heavy atom. The molecule has 80 valence electrons. The molecule has 0 aliphatic heterocycles. The minimum Gasteiger partial charge on any atom is -0.388 e. The van der Waals surface area contributed by atoms with Crippen molar-refractivity contribution in [2.75, 3.05) is 0 Å². The van der Waals surface area contributed by atoms with E-state index in [0.717, 1.165) is 0 Å². The lowest BCUT2D eigenvalue weighted by molar-refractivity contribution is -0.384. The third kappa shape index (κ3) is 2.60. The number of nitrogens with zero attached hydrogens (tertiary/aromatic N) is 1. The van der Waals surface area contributed by atoms with Crippen LogP contribution >= 0.6 is 0 Å². The molecule has 0 aliphatic carbocycles. The molecule has 5 nitrogen and oxygen atoms in total. The zero-order valence-electron chi connectivity index (χ0n) is 8.16. The summed E-state index contributed by atoms with van der Waals surface area (Å²) in [5, 5.41) is 20.0. The van der Waals surface area contributed by atoms with Crippen LogP contribution in [0.5, 0.6) is 0 Å². The smallest absolute Gasteiger partial charge is 0.269 e. The average molecular weight is 209 g/mol. The van der Waals surface area contributed by atoms with Crippen LogP contribution in [0.3, 0.4) is 0 Å². The first kappa shape index (κ1) is 11.3. The minimum absolute atomic E-state index is 0.0373. The second-order valence-electron chi connectivity index (χ2n) is 3.29. The van der Waals surface area contributed by atoms with Gasteiger partial charge in [0, 0.05) is 18.1 Å². The Morgan fingerprint density at radius 1 is 1.40 bits per heavy atom. The summed E-state index contributed by atoms with van der Waals surface area (Å²) in [4.78, 5) is 20.3. The lowest BCUT2D eigenvalue weighted by Gasteiger charge is -2.12. The fraction of sp³-hybridized carbons (Fsp3) is 0.300. The van der Waals surface area contributed by atoms with Gasteiger partial charge in [-0.15, -0.1) is 0 Å². The van der Waals surface area contributed by atoms with Crippen LogP contribution in [0.1, 0.15) is 18.6 Å². The average Bonchev–Trinajstić information content (AvgIpc) is 2.27. The van der Waals surface area contributed by atoms with Gasteiger partial charge >= 0.3 is 0 Å². The molecule has 5 heteroatoms. The van der Waals surface area contributed by atoms with Crippen molar-refractivity contribution >= 4 is 12.0 Å².